The smallest absolute Gasteiger partial charge is 0.225 e. The summed E-state index contributed by atoms with van der Waals surface area (Å²) in [5.41, 5.74) is 1.12. The molecule has 1 heterocycles. The Hall–Kier alpha value is -1.06. The van der Waals surface area contributed by atoms with Crippen LogP contribution in [0.5, 0.6) is 0 Å². The Balaban J connectivity index is 1.86. The topological polar surface area (TPSA) is 32.3 Å². The van der Waals surface area contributed by atoms with E-state index in [-0.39, 0.29) is 11.8 Å². The zero-order valence-corrected chi connectivity index (χ0v) is 10.00. The third-order valence-corrected chi connectivity index (χ3v) is 3.29. The van der Waals surface area contributed by atoms with Crippen molar-refractivity contribution in [1.82, 2.24) is 10.2 Å². The Morgan fingerprint density at radius 2 is 2.19 bits per heavy atom. The van der Waals surface area contributed by atoms with E-state index in [1.165, 1.54) is 0 Å². The Kier molecular flexibility index (Phi) is 3.46. The Bertz CT molecular complexity index is 388. The maximum Gasteiger partial charge on any atom is 0.225 e. The van der Waals surface area contributed by atoms with Gasteiger partial charge in [0.25, 0.3) is 0 Å². The first-order valence-corrected chi connectivity index (χ1v) is 5.76. The van der Waals surface area contributed by atoms with Crippen LogP contribution in [0, 0.1) is 5.92 Å². The van der Waals surface area contributed by atoms with Gasteiger partial charge in [-0.3, -0.25) is 9.69 Å². The summed E-state index contributed by atoms with van der Waals surface area (Å²) in [6.45, 7) is 2.48. The first-order valence-electron chi connectivity index (χ1n) is 5.38. The predicted octanol–water partition coefficient (Wildman–Crippen LogP) is 1.52. The van der Waals surface area contributed by atoms with Crippen LogP contribution in [0.1, 0.15) is 5.56 Å². The molecule has 1 aliphatic rings. The van der Waals surface area contributed by atoms with Crippen molar-refractivity contribution in [2.75, 3.05) is 20.1 Å². The molecule has 1 N–H and O–H groups in total. The van der Waals surface area contributed by atoms with Crippen LogP contribution in [-0.2, 0) is 11.3 Å². The third kappa shape index (κ3) is 2.36. The number of likely N-dealkylation sites (tertiary alicyclic amines) is 1. The monoisotopic (exact) mass is 238 g/mol. The molecule has 16 heavy (non-hydrogen) atoms. The average Bonchev–Trinajstić information content (AvgIpc) is 2.24. The standard InChI is InChI=1S/C12H15ClN2O/c1-14-12(16)10-7-15(8-10)6-9-4-2-3-5-11(9)13/h2-5,10H,6-8H2,1H3,(H,14,16). The van der Waals surface area contributed by atoms with Crippen LogP contribution in [-0.4, -0.2) is 30.9 Å². The number of carbonyl (C=O) groups is 1. The second-order valence-corrected chi connectivity index (χ2v) is 4.50. The highest BCUT2D eigenvalue weighted by molar-refractivity contribution is 6.31. The van der Waals surface area contributed by atoms with E-state index in [9.17, 15) is 4.79 Å². The van der Waals surface area contributed by atoms with E-state index in [1.54, 1.807) is 7.05 Å². The number of carbonyl (C=O) groups excluding carboxylic acids is 1. The summed E-state index contributed by atoms with van der Waals surface area (Å²) in [7, 11) is 1.68. The van der Waals surface area contributed by atoms with Crippen molar-refractivity contribution in [3.8, 4) is 0 Å². The Morgan fingerprint density at radius 1 is 1.50 bits per heavy atom. The minimum Gasteiger partial charge on any atom is -0.359 e. The van der Waals surface area contributed by atoms with Gasteiger partial charge in [0.1, 0.15) is 0 Å². The maximum atomic E-state index is 11.3. The fraction of sp³-hybridized carbons (Fsp3) is 0.417. The first kappa shape index (κ1) is 11.4. The van der Waals surface area contributed by atoms with E-state index >= 15 is 0 Å². The van der Waals surface area contributed by atoms with E-state index in [1.807, 2.05) is 24.3 Å². The summed E-state index contributed by atoms with van der Waals surface area (Å²) in [5.74, 6) is 0.280. The Morgan fingerprint density at radius 3 is 2.81 bits per heavy atom. The normalized spacial score (nSPS) is 16.9. The second kappa shape index (κ2) is 4.85. The lowest BCUT2D eigenvalue weighted by atomic mass is 9.98. The summed E-state index contributed by atoms with van der Waals surface area (Å²) in [6.07, 6.45) is 0. The molecule has 1 fully saturated rings. The minimum absolute atomic E-state index is 0.135. The zero-order valence-electron chi connectivity index (χ0n) is 9.24. The second-order valence-electron chi connectivity index (χ2n) is 4.10. The fourth-order valence-electron chi connectivity index (χ4n) is 1.94. The van der Waals surface area contributed by atoms with Crippen LogP contribution in [0.3, 0.4) is 0 Å². The number of amides is 1. The molecule has 3 nitrogen and oxygen atoms in total. The van der Waals surface area contributed by atoms with Crippen LogP contribution < -0.4 is 5.32 Å². The third-order valence-electron chi connectivity index (χ3n) is 2.93. The molecule has 0 aliphatic carbocycles. The minimum atomic E-state index is 0.135. The zero-order chi connectivity index (χ0) is 11.5. The van der Waals surface area contributed by atoms with Crippen molar-refractivity contribution < 1.29 is 4.79 Å². The summed E-state index contributed by atoms with van der Waals surface area (Å²) in [5, 5.41) is 3.47. The number of nitrogens with zero attached hydrogens (tertiary/aromatic N) is 1. The van der Waals surface area contributed by atoms with Gasteiger partial charge in [0.2, 0.25) is 5.91 Å². The first-order chi connectivity index (χ1) is 7.70. The van der Waals surface area contributed by atoms with Gasteiger partial charge in [0, 0.05) is 31.7 Å². The van der Waals surface area contributed by atoms with Crippen molar-refractivity contribution in [3.05, 3.63) is 34.9 Å². The van der Waals surface area contributed by atoms with Gasteiger partial charge in [0.15, 0.2) is 0 Å². The lowest BCUT2D eigenvalue weighted by Gasteiger charge is -2.38. The molecule has 0 aromatic heterocycles. The van der Waals surface area contributed by atoms with Gasteiger partial charge < -0.3 is 5.32 Å². The molecule has 0 radical (unpaired) electrons. The molecule has 2 rings (SSSR count). The average molecular weight is 239 g/mol. The summed E-state index contributed by atoms with van der Waals surface area (Å²) in [6, 6.07) is 7.83. The van der Waals surface area contributed by atoms with E-state index in [4.69, 9.17) is 11.6 Å². The van der Waals surface area contributed by atoms with Crippen molar-refractivity contribution >= 4 is 17.5 Å². The molecule has 4 heteroatoms. The number of rotatable bonds is 3. The van der Waals surface area contributed by atoms with Crippen LogP contribution >= 0.6 is 11.6 Å². The molecule has 1 aromatic rings. The van der Waals surface area contributed by atoms with E-state index in [2.05, 4.69) is 10.2 Å². The number of hydrogen-bond donors (Lipinski definition) is 1. The number of halogens is 1. The van der Waals surface area contributed by atoms with E-state index in [0.717, 1.165) is 30.2 Å². The highest BCUT2D eigenvalue weighted by Crippen LogP contribution is 2.22. The molecule has 1 saturated heterocycles. The molecule has 0 bridgehead atoms. The summed E-state index contributed by atoms with van der Waals surface area (Å²) in [4.78, 5) is 13.5. The van der Waals surface area contributed by atoms with E-state index < -0.39 is 0 Å². The van der Waals surface area contributed by atoms with Gasteiger partial charge >= 0.3 is 0 Å². The van der Waals surface area contributed by atoms with Gasteiger partial charge in [-0.05, 0) is 11.6 Å². The van der Waals surface area contributed by atoms with Crippen molar-refractivity contribution in [2.45, 2.75) is 6.54 Å². The fourth-order valence-corrected chi connectivity index (χ4v) is 2.13. The lowest BCUT2D eigenvalue weighted by molar-refractivity contribution is -0.129. The lowest BCUT2D eigenvalue weighted by Crippen LogP contribution is -2.52. The van der Waals surface area contributed by atoms with Crippen molar-refractivity contribution in [3.63, 3.8) is 0 Å². The molecule has 0 unspecified atom stereocenters. The molecule has 0 spiro atoms. The van der Waals surface area contributed by atoms with Crippen molar-refractivity contribution in [1.29, 1.82) is 0 Å². The summed E-state index contributed by atoms with van der Waals surface area (Å²) < 4.78 is 0. The quantitative estimate of drug-likeness (QED) is 0.866. The molecule has 86 valence electrons. The molecule has 1 aliphatic heterocycles. The van der Waals surface area contributed by atoms with Crippen LogP contribution in [0.15, 0.2) is 24.3 Å². The Labute approximate surface area is 100 Å². The van der Waals surface area contributed by atoms with Gasteiger partial charge in [-0.1, -0.05) is 29.8 Å². The molecule has 1 aromatic carbocycles. The maximum absolute atomic E-state index is 11.3. The molecule has 0 saturated carbocycles. The van der Waals surface area contributed by atoms with E-state index in [0.29, 0.717) is 0 Å². The van der Waals surface area contributed by atoms with Crippen LogP contribution in [0.4, 0.5) is 0 Å². The molecule has 1 amide bonds. The molecular formula is C12H15ClN2O. The largest absolute Gasteiger partial charge is 0.359 e. The predicted molar refractivity (Wildman–Crippen MR) is 64.3 cm³/mol. The number of nitrogens with one attached hydrogen (secondary N) is 1. The number of benzene rings is 1. The van der Waals surface area contributed by atoms with Crippen LogP contribution in [0.25, 0.3) is 0 Å². The number of hydrogen-bond acceptors (Lipinski definition) is 2. The summed E-state index contributed by atoms with van der Waals surface area (Å²) >= 11 is 6.07. The molecule has 0 atom stereocenters. The van der Waals surface area contributed by atoms with Gasteiger partial charge in [-0.2, -0.15) is 0 Å². The van der Waals surface area contributed by atoms with Gasteiger partial charge in [-0.15, -0.1) is 0 Å². The van der Waals surface area contributed by atoms with Crippen molar-refractivity contribution in [2.24, 2.45) is 5.92 Å². The van der Waals surface area contributed by atoms with Crippen LogP contribution in [0.2, 0.25) is 5.02 Å². The highest BCUT2D eigenvalue weighted by Gasteiger charge is 2.31. The SMILES string of the molecule is CNC(=O)C1CN(Cc2ccccc2Cl)C1. The molecular weight excluding hydrogens is 224 g/mol. The van der Waals surface area contributed by atoms with Gasteiger partial charge in [0.05, 0.1) is 5.92 Å². The van der Waals surface area contributed by atoms with Gasteiger partial charge in [-0.25, -0.2) is 0 Å². The highest BCUT2D eigenvalue weighted by atomic mass is 35.5.